The number of hydrogen-bond acceptors (Lipinski definition) is 5. The first-order valence-electron chi connectivity index (χ1n) is 8.11. The molecular formula is C16H27N5. The normalized spacial score (nSPS) is 27.2. The largest absolute Gasteiger partial charge is 0.316 e. The molecule has 5 heteroatoms. The van der Waals surface area contributed by atoms with E-state index in [1.165, 1.54) is 58.7 Å². The average molecular weight is 289 g/mol. The van der Waals surface area contributed by atoms with Crippen molar-refractivity contribution in [2.24, 2.45) is 15.9 Å². The molecule has 0 bridgehead atoms. The Kier molecular flexibility index (Phi) is 4.83. The SMILES string of the molecule is C=N/C=C\C=NCC1(N2CCN(CC3CNC3)CC2)CC1. The number of rotatable bonds is 7. The van der Waals surface area contributed by atoms with E-state index >= 15 is 0 Å². The number of aliphatic imine (C=N–C) groups is 2. The van der Waals surface area contributed by atoms with Crippen molar-refractivity contribution in [1.82, 2.24) is 15.1 Å². The predicted molar refractivity (Wildman–Crippen MR) is 88.4 cm³/mol. The third-order valence-electron chi connectivity index (χ3n) is 5.02. The molecule has 0 radical (unpaired) electrons. The molecule has 0 spiro atoms. The van der Waals surface area contributed by atoms with Gasteiger partial charge in [-0.2, -0.15) is 0 Å². The van der Waals surface area contributed by atoms with Gasteiger partial charge in [-0.25, -0.2) is 0 Å². The van der Waals surface area contributed by atoms with E-state index in [1.54, 1.807) is 6.20 Å². The maximum atomic E-state index is 4.54. The van der Waals surface area contributed by atoms with Crippen LogP contribution in [0.3, 0.4) is 0 Å². The summed E-state index contributed by atoms with van der Waals surface area (Å²) in [7, 11) is 0. The van der Waals surface area contributed by atoms with Crippen molar-refractivity contribution in [3.63, 3.8) is 0 Å². The molecule has 3 rings (SSSR count). The van der Waals surface area contributed by atoms with E-state index < -0.39 is 0 Å². The lowest BCUT2D eigenvalue weighted by Gasteiger charge is -2.41. The van der Waals surface area contributed by atoms with Crippen LogP contribution >= 0.6 is 0 Å². The van der Waals surface area contributed by atoms with Gasteiger partial charge in [0, 0.05) is 63.8 Å². The van der Waals surface area contributed by atoms with Crippen LogP contribution in [-0.2, 0) is 0 Å². The van der Waals surface area contributed by atoms with Crippen molar-refractivity contribution in [1.29, 1.82) is 0 Å². The van der Waals surface area contributed by atoms with Gasteiger partial charge in [0.15, 0.2) is 0 Å². The summed E-state index contributed by atoms with van der Waals surface area (Å²) in [6.45, 7) is 12.9. The van der Waals surface area contributed by atoms with Gasteiger partial charge < -0.3 is 10.2 Å². The van der Waals surface area contributed by atoms with Crippen molar-refractivity contribution in [3.8, 4) is 0 Å². The highest BCUT2D eigenvalue weighted by Crippen LogP contribution is 2.42. The summed E-state index contributed by atoms with van der Waals surface area (Å²) in [5, 5.41) is 3.36. The molecule has 0 unspecified atom stereocenters. The van der Waals surface area contributed by atoms with E-state index in [9.17, 15) is 0 Å². The summed E-state index contributed by atoms with van der Waals surface area (Å²) in [6, 6.07) is 0. The number of nitrogens with one attached hydrogen (secondary N) is 1. The molecule has 3 aliphatic rings. The van der Waals surface area contributed by atoms with Gasteiger partial charge in [0.05, 0.1) is 6.54 Å². The van der Waals surface area contributed by atoms with Crippen LogP contribution < -0.4 is 5.32 Å². The summed E-state index contributed by atoms with van der Waals surface area (Å²) < 4.78 is 0. The summed E-state index contributed by atoms with van der Waals surface area (Å²) >= 11 is 0. The van der Waals surface area contributed by atoms with E-state index in [4.69, 9.17) is 0 Å². The maximum Gasteiger partial charge on any atom is 0.0573 e. The second kappa shape index (κ2) is 6.81. The van der Waals surface area contributed by atoms with Gasteiger partial charge in [-0.05, 0) is 31.6 Å². The Balaban J connectivity index is 1.41. The quantitative estimate of drug-likeness (QED) is 0.700. The third-order valence-corrected chi connectivity index (χ3v) is 5.02. The topological polar surface area (TPSA) is 43.2 Å². The summed E-state index contributed by atoms with van der Waals surface area (Å²) in [5.74, 6) is 0.890. The average Bonchev–Trinajstić information content (AvgIpc) is 3.25. The lowest BCUT2D eigenvalue weighted by molar-refractivity contribution is 0.0724. The second-order valence-electron chi connectivity index (χ2n) is 6.55. The highest BCUT2D eigenvalue weighted by molar-refractivity contribution is 5.71. The second-order valence-corrected chi connectivity index (χ2v) is 6.55. The Hall–Kier alpha value is -1.04. The van der Waals surface area contributed by atoms with E-state index in [2.05, 4.69) is 31.8 Å². The van der Waals surface area contributed by atoms with Crippen LogP contribution in [-0.4, -0.2) is 80.6 Å². The fraction of sp³-hybridized carbons (Fsp3) is 0.750. The molecule has 1 N–H and O–H groups in total. The number of hydrogen-bond donors (Lipinski definition) is 1. The monoisotopic (exact) mass is 289 g/mol. The number of allylic oxidation sites excluding steroid dienone is 1. The zero-order valence-electron chi connectivity index (χ0n) is 12.9. The van der Waals surface area contributed by atoms with E-state index in [1.807, 2.05) is 12.3 Å². The fourth-order valence-corrected chi connectivity index (χ4v) is 3.35. The number of nitrogens with zero attached hydrogens (tertiary/aromatic N) is 4. The molecule has 1 saturated carbocycles. The van der Waals surface area contributed by atoms with Gasteiger partial charge in [-0.3, -0.25) is 14.9 Å². The molecule has 0 atom stereocenters. The highest BCUT2D eigenvalue weighted by atomic mass is 15.3. The van der Waals surface area contributed by atoms with E-state index in [0.717, 1.165) is 12.5 Å². The molecule has 21 heavy (non-hydrogen) atoms. The molecule has 0 amide bonds. The first kappa shape index (κ1) is 14.9. The van der Waals surface area contributed by atoms with Crippen molar-refractivity contribution >= 4 is 12.9 Å². The third kappa shape index (κ3) is 3.78. The molecule has 0 aromatic heterocycles. The van der Waals surface area contributed by atoms with E-state index in [-0.39, 0.29) is 0 Å². The van der Waals surface area contributed by atoms with E-state index in [0.29, 0.717) is 5.54 Å². The molecule has 0 aromatic carbocycles. The Bertz CT molecular complexity index is 401. The standard InChI is InChI=1S/C16H27N5/c1-17-5-2-6-18-14-16(3-4-16)21-9-7-20(8-10-21)13-15-11-19-12-15/h2,5-6,15,19H,1,3-4,7-14H2/b5-2-,18-6?. The molecule has 2 heterocycles. The molecule has 2 saturated heterocycles. The molecule has 3 fully saturated rings. The Morgan fingerprint density at radius 3 is 2.52 bits per heavy atom. The fourth-order valence-electron chi connectivity index (χ4n) is 3.35. The Morgan fingerprint density at radius 1 is 1.19 bits per heavy atom. The van der Waals surface area contributed by atoms with Crippen LogP contribution in [0.2, 0.25) is 0 Å². The maximum absolute atomic E-state index is 4.54. The van der Waals surface area contributed by atoms with Crippen LogP contribution in [0.25, 0.3) is 0 Å². The molecular weight excluding hydrogens is 262 g/mol. The zero-order chi connectivity index (χ0) is 14.5. The van der Waals surface area contributed by atoms with Crippen LogP contribution in [0.1, 0.15) is 12.8 Å². The van der Waals surface area contributed by atoms with Gasteiger partial charge >= 0.3 is 0 Å². The van der Waals surface area contributed by atoms with Crippen LogP contribution in [0.4, 0.5) is 0 Å². The minimum atomic E-state index is 0.371. The first-order chi connectivity index (χ1) is 10.3. The van der Waals surface area contributed by atoms with Crippen molar-refractivity contribution in [2.45, 2.75) is 18.4 Å². The van der Waals surface area contributed by atoms with Gasteiger partial charge in [-0.15, -0.1) is 0 Å². The summed E-state index contributed by atoms with van der Waals surface area (Å²) in [6.07, 6.45) is 8.00. The first-order valence-corrected chi connectivity index (χ1v) is 8.11. The Labute approximate surface area is 127 Å². The van der Waals surface area contributed by atoms with Crippen LogP contribution in [0.15, 0.2) is 22.3 Å². The van der Waals surface area contributed by atoms with Gasteiger partial charge in [-0.1, -0.05) is 0 Å². The zero-order valence-corrected chi connectivity index (χ0v) is 12.9. The summed E-state index contributed by atoms with van der Waals surface area (Å²) in [4.78, 5) is 13.5. The highest BCUT2D eigenvalue weighted by Gasteiger charge is 2.48. The van der Waals surface area contributed by atoms with Crippen LogP contribution in [0.5, 0.6) is 0 Å². The molecule has 2 aliphatic heterocycles. The summed E-state index contributed by atoms with van der Waals surface area (Å²) in [5.41, 5.74) is 0.371. The van der Waals surface area contributed by atoms with Crippen molar-refractivity contribution in [2.75, 3.05) is 52.4 Å². The minimum absolute atomic E-state index is 0.371. The number of piperazine rings is 1. The van der Waals surface area contributed by atoms with Crippen LogP contribution in [0, 0.1) is 5.92 Å². The lowest BCUT2D eigenvalue weighted by Crippen LogP contribution is -2.56. The molecule has 0 aromatic rings. The smallest absolute Gasteiger partial charge is 0.0573 e. The van der Waals surface area contributed by atoms with Crippen molar-refractivity contribution in [3.05, 3.63) is 12.3 Å². The molecule has 5 nitrogen and oxygen atoms in total. The molecule has 116 valence electrons. The van der Waals surface area contributed by atoms with Gasteiger partial charge in [0.2, 0.25) is 0 Å². The van der Waals surface area contributed by atoms with Gasteiger partial charge in [0.25, 0.3) is 0 Å². The van der Waals surface area contributed by atoms with Crippen molar-refractivity contribution < 1.29 is 0 Å². The predicted octanol–water partition coefficient (Wildman–Crippen LogP) is 0.641. The Morgan fingerprint density at radius 2 is 1.95 bits per heavy atom. The molecule has 1 aliphatic carbocycles. The minimum Gasteiger partial charge on any atom is -0.316 e. The lowest BCUT2D eigenvalue weighted by atomic mass is 10.0. The van der Waals surface area contributed by atoms with Gasteiger partial charge in [0.1, 0.15) is 0 Å².